The first-order valence-corrected chi connectivity index (χ1v) is 5.35. The lowest BCUT2D eigenvalue weighted by Gasteiger charge is -2.16. The van der Waals surface area contributed by atoms with Gasteiger partial charge >= 0.3 is 0 Å². The van der Waals surface area contributed by atoms with Crippen molar-refractivity contribution in [1.29, 1.82) is 0 Å². The van der Waals surface area contributed by atoms with E-state index in [0.717, 1.165) is 13.1 Å². The number of benzene rings is 1. The van der Waals surface area contributed by atoms with E-state index in [1.54, 1.807) is 12.1 Å². The first-order chi connectivity index (χ1) is 7.09. The summed E-state index contributed by atoms with van der Waals surface area (Å²) in [6, 6.07) is 4.73. The Morgan fingerprint density at radius 1 is 1.47 bits per heavy atom. The monoisotopic (exact) mass is 228 g/mol. The lowest BCUT2D eigenvalue weighted by atomic mass is 9.94. The van der Waals surface area contributed by atoms with Gasteiger partial charge in [0.1, 0.15) is 5.82 Å². The minimum atomic E-state index is -0.252. The second-order valence-corrected chi connectivity index (χ2v) is 4.53. The molecule has 1 fully saturated rings. The normalized spacial score (nSPS) is 27.2. The van der Waals surface area contributed by atoms with Crippen molar-refractivity contribution in [3.8, 4) is 0 Å². The molecule has 0 spiro atoms. The topological polar surface area (TPSA) is 29.3 Å². The zero-order chi connectivity index (χ0) is 11.0. The minimum absolute atomic E-state index is 0.00343. The first kappa shape index (κ1) is 10.9. The van der Waals surface area contributed by atoms with Crippen molar-refractivity contribution >= 4 is 11.6 Å². The van der Waals surface area contributed by atoms with Gasteiger partial charge in [0.05, 0.1) is 0 Å². The molecule has 0 bridgehead atoms. The molecule has 0 saturated carbocycles. The van der Waals surface area contributed by atoms with E-state index in [1.807, 2.05) is 7.05 Å². The summed E-state index contributed by atoms with van der Waals surface area (Å²) in [5, 5.41) is 0.478. The number of likely N-dealkylation sites (N-methyl/N-ethyl adjacent to an activating group) is 1. The quantitative estimate of drug-likeness (QED) is 0.795. The fourth-order valence-electron chi connectivity index (χ4n) is 2.20. The highest BCUT2D eigenvalue weighted by atomic mass is 35.5. The van der Waals surface area contributed by atoms with E-state index in [9.17, 15) is 4.39 Å². The summed E-state index contributed by atoms with van der Waals surface area (Å²) >= 11 is 6.01. The summed E-state index contributed by atoms with van der Waals surface area (Å²) in [5.74, 6) is -0.248. The predicted octanol–water partition coefficient (Wildman–Crippen LogP) is 1.84. The highest BCUT2D eigenvalue weighted by Gasteiger charge is 2.32. The van der Waals surface area contributed by atoms with Gasteiger partial charge in [0.25, 0.3) is 0 Å². The van der Waals surface area contributed by atoms with Crippen LogP contribution in [0.4, 0.5) is 4.39 Å². The van der Waals surface area contributed by atoms with Crippen LogP contribution in [-0.2, 0) is 0 Å². The molecule has 82 valence electrons. The molecule has 2 nitrogen and oxygen atoms in total. The lowest BCUT2D eigenvalue weighted by Crippen LogP contribution is -2.28. The number of nitrogens with two attached hydrogens (primary N) is 1. The molecule has 0 unspecified atom stereocenters. The standard InChI is InChI=1S/C11H14ClFN2/c1-15-5-7(10(14)6-15)11-8(12)3-2-4-9(11)13/h2-4,7,10H,5-6,14H2,1H3/t7-,10+/m1/s1. The van der Waals surface area contributed by atoms with Crippen LogP contribution in [0.2, 0.25) is 5.02 Å². The maximum Gasteiger partial charge on any atom is 0.128 e. The Labute approximate surface area is 93.8 Å². The number of nitrogens with zero attached hydrogens (tertiary/aromatic N) is 1. The summed E-state index contributed by atoms with van der Waals surface area (Å²) in [5.41, 5.74) is 6.54. The van der Waals surface area contributed by atoms with Gasteiger partial charge in [0, 0.05) is 35.6 Å². The molecular formula is C11H14ClFN2. The molecular weight excluding hydrogens is 215 g/mol. The molecule has 0 amide bonds. The van der Waals surface area contributed by atoms with Gasteiger partial charge in [-0.3, -0.25) is 0 Å². The maximum atomic E-state index is 13.6. The van der Waals surface area contributed by atoms with Crippen LogP contribution in [0.3, 0.4) is 0 Å². The van der Waals surface area contributed by atoms with Crippen LogP contribution in [0.25, 0.3) is 0 Å². The van der Waals surface area contributed by atoms with E-state index in [1.165, 1.54) is 6.07 Å². The van der Waals surface area contributed by atoms with E-state index in [-0.39, 0.29) is 17.8 Å². The van der Waals surface area contributed by atoms with Gasteiger partial charge in [0.15, 0.2) is 0 Å². The van der Waals surface area contributed by atoms with Crippen molar-refractivity contribution < 1.29 is 4.39 Å². The van der Waals surface area contributed by atoms with Gasteiger partial charge in [-0.2, -0.15) is 0 Å². The van der Waals surface area contributed by atoms with E-state index < -0.39 is 0 Å². The van der Waals surface area contributed by atoms with Gasteiger partial charge in [-0.25, -0.2) is 4.39 Å². The Morgan fingerprint density at radius 3 is 2.73 bits per heavy atom. The number of halogens is 2. The highest BCUT2D eigenvalue weighted by Crippen LogP contribution is 2.32. The van der Waals surface area contributed by atoms with Crippen LogP contribution in [0.1, 0.15) is 11.5 Å². The van der Waals surface area contributed by atoms with Gasteiger partial charge in [0.2, 0.25) is 0 Å². The zero-order valence-corrected chi connectivity index (χ0v) is 9.34. The Kier molecular flexibility index (Phi) is 2.96. The molecule has 1 heterocycles. The van der Waals surface area contributed by atoms with Crippen LogP contribution in [0, 0.1) is 5.82 Å². The fourth-order valence-corrected chi connectivity index (χ4v) is 2.51. The predicted molar refractivity (Wildman–Crippen MR) is 59.6 cm³/mol. The zero-order valence-electron chi connectivity index (χ0n) is 8.58. The summed E-state index contributed by atoms with van der Waals surface area (Å²) < 4.78 is 13.6. The maximum absolute atomic E-state index is 13.6. The van der Waals surface area contributed by atoms with Crippen LogP contribution < -0.4 is 5.73 Å². The van der Waals surface area contributed by atoms with E-state index in [0.29, 0.717) is 10.6 Å². The molecule has 1 aromatic rings. The number of hydrogen-bond donors (Lipinski definition) is 1. The van der Waals surface area contributed by atoms with Crippen molar-refractivity contribution in [2.45, 2.75) is 12.0 Å². The largest absolute Gasteiger partial charge is 0.326 e. The highest BCUT2D eigenvalue weighted by molar-refractivity contribution is 6.31. The van der Waals surface area contributed by atoms with Crippen molar-refractivity contribution in [1.82, 2.24) is 4.90 Å². The molecule has 1 saturated heterocycles. The number of likely N-dealkylation sites (tertiary alicyclic amines) is 1. The lowest BCUT2D eigenvalue weighted by molar-refractivity contribution is 0.406. The minimum Gasteiger partial charge on any atom is -0.326 e. The Morgan fingerprint density at radius 2 is 2.20 bits per heavy atom. The van der Waals surface area contributed by atoms with Crippen molar-refractivity contribution in [2.24, 2.45) is 5.73 Å². The van der Waals surface area contributed by atoms with Gasteiger partial charge in [-0.15, -0.1) is 0 Å². The van der Waals surface area contributed by atoms with E-state index >= 15 is 0 Å². The van der Waals surface area contributed by atoms with Crippen molar-refractivity contribution in [3.63, 3.8) is 0 Å². The molecule has 1 aliphatic rings. The first-order valence-electron chi connectivity index (χ1n) is 4.97. The molecule has 0 radical (unpaired) electrons. The van der Waals surface area contributed by atoms with Gasteiger partial charge < -0.3 is 10.6 Å². The van der Waals surface area contributed by atoms with E-state index in [2.05, 4.69) is 4.90 Å². The molecule has 2 rings (SSSR count). The molecule has 0 aromatic heterocycles. The van der Waals surface area contributed by atoms with Gasteiger partial charge in [-0.05, 0) is 19.2 Å². The molecule has 1 aliphatic heterocycles. The second kappa shape index (κ2) is 4.08. The third kappa shape index (κ3) is 2.00. The summed E-state index contributed by atoms with van der Waals surface area (Å²) in [6.45, 7) is 1.55. The summed E-state index contributed by atoms with van der Waals surface area (Å²) in [7, 11) is 1.98. The van der Waals surface area contributed by atoms with Crippen LogP contribution >= 0.6 is 11.6 Å². The van der Waals surface area contributed by atoms with Crippen molar-refractivity contribution in [2.75, 3.05) is 20.1 Å². The average molecular weight is 229 g/mol. The number of hydrogen-bond acceptors (Lipinski definition) is 2. The smallest absolute Gasteiger partial charge is 0.128 e. The van der Waals surface area contributed by atoms with Crippen molar-refractivity contribution in [3.05, 3.63) is 34.6 Å². The third-order valence-electron chi connectivity index (χ3n) is 2.92. The summed E-state index contributed by atoms with van der Waals surface area (Å²) in [6.07, 6.45) is 0. The molecule has 15 heavy (non-hydrogen) atoms. The van der Waals surface area contributed by atoms with Crippen LogP contribution in [0.5, 0.6) is 0 Å². The Hall–Kier alpha value is -0.640. The molecule has 4 heteroatoms. The average Bonchev–Trinajstić information content (AvgIpc) is 2.45. The van der Waals surface area contributed by atoms with Gasteiger partial charge in [-0.1, -0.05) is 17.7 Å². The molecule has 1 aromatic carbocycles. The molecule has 0 aliphatic carbocycles. The summed E-state index contributed by atoms with van der Waals surface area (Å²) in [4.78, 5) is 2.10. The second-order valence-electron chi connectivity index (χ2n) is 4.13. The van der Waals surface area contributed by atoms with E-state index in [4.69, 9.17) is 17.3 Å². The fraction of sp³-hybridized carbons (Fsp3) is 0.455. The Balaban J connectivity index is 2.37. The molecule has 2 atom stereocenters. The SMILES string of the molecule is CN1C[C@H](N)[C@H](c2c(F)cccc2Cl)C1. The van der Waals surface area contributed by atoms with Crippen LogP contribution in [0.15, 0.2) is 18.2 Å². The Bertz CT molecular complexity index is 349. The molecule has 2 N–H and O–H groups in total. The van der Waals surface area contributed by atoms with Crippen LogP contribution in [-0.4, -0.2) is 31.1 Å². The third-order valence-corrected chi connectivity index (χ3v) is 3.25. The number of rotatable bonds is 1.